The van der Waals surface area contributed by atoms with Crippen LogP contribution in [0.3, 0.4) is 0 Å². The number of rotatable bonds is 6. The molecule has 3 aromatic heterocycles. The van der Waals surface area contributed by atoms with Gasteiger partial charge in [0.25, 0.3) is 0 Å². The summed E-state index contributed by atoms with van der Waals surface area (Å²) in [7, 11) is 0. The van der Waals surface area contributed by atoms with Gasteiger partial charge in [-0.25, -0.2) is 19.7 Å². The van der Waals surface area contributed by atoms with Crippen molar-refractivity contribution in [2.24, 2.45) is 0 Å². The van der Waals surface area contributed by atoms with E-state index in [1.54, 1.807) is 24.5 Å². The van der Waals surface area contributed by atoms with E-state index >= 15 is 0 Å². The second-order valence-electron chi connectivity index (χ2n) is 6.72. The Hall–Kier alpha value is -2.75. The molecule has 0 amide bonds. The molecule has 1 aliphatic rings. The molecular weight excluding hydrogens is 461 g/mol. The first-order valence-electron chi connectivity index (χ1n) is 9.18. The number of aliphatic carboxylic acids is 1. The minimum atomic E-state index is -0.816. The van der Waals surface area contributed by atoms with Crippen LogP contribution in [0.25, 0.3) is 10.6 Å². The van der Waals surface area contributed by atoms with Gasteiger partial charge in [-0.05, 0) is 44.0 Å². The average Bonchev–Trinajstić information content (AvgIpc) is 3.38. The fourth-order valence-electron chi connectivity index (χ4n) is 3.26. The van der Waals surface area contributed by atoms with Crippen LogP contribution < -0.4 is 10.2 Å². The summed E-state index contributed by atoms with van der Waals surface area (Å²) in [5, 5.41) is 13.2. The SMILES string of the molecule is CC(=O)c1ccnc(Nc2cccc(-c3cnc(N4CCC[C@H]4C(=O)O)s3)n2)c1.Cl.Cl. The van der Waals surface area contributed by atoms with Gasteiger partial charge in [0.15, 0.2) is 10.9 Å². The molecule has 0 aliphatic carbocycles. The number of Topliss-reactive ketones (excluding diaryl/α,β-unsaturated/α-hetero) is 1. The van der Waals surface area contributed by atoms with Crippen LogP contribution in [-0.4, -0.2) is 44.4 Å². The Kier molecular flexibility index (Phi) is 8.32. The Labute approximate surface area is 195 Å². The second-order valence-corrected chi connectivity index (χ2v) is 7.72. The zero-order valence-corrected chi connectivity index (χ0v) is 19.0. The van der Waals surface area contributed by atoms with Gasteiger partial charge in [-0.15, -0.1) is 24.8 Å². The molecule has 0 spiro atoms. The second kappa shape index (κ2) is 10.5. The highest BCUT2D eigenvalue weighted by Crippen LogP contribution is 2.34. The van der Waals surface area contributed by atoms with Crippen LogP contribution in [0.2, 0.25) is 0 Å². The molecule has 0 aromatic carbocycles. The van der Waals surface area contributed by atoms with Crippen molar-refractivity contribution in [1.82, 2.24) is 15.0 Å². The average molecular weight is 482 g/mol. The van der Waals surface area contributed by atoms with Crippen LogP contribution in [0.1, 0.15) is 30.1 Å². The third-order valence-corrected chi connectivity index (χ3v) is 5.76. The van der Waals surface area contributed by atoms with Crippen molar-refractivity contribution in [3.8, 4) is 10.6 Å². The summed E-state index contributed by atoms with van der Waals surface area (Å²) in [6, 6.07) is 8.39. The quantitative estimate of drug-likeness (QED) is 0.497. The predicted molar refractivity (Wildman–Crippen MR) is 125 cm³/mol. The molecule has 11 heteroatoms. The number of pyridine rings is 2. The number of carboxylic acid groups (broad SMARTS) is 1. The number of nitrogens with one attached hydrogen (secondary N) is 1. The molecule has 0 bridgehead atoms. The highest BCUT2D eigenvalue weighted by molar-refractivity contribution is 7.18. The number of hydrogen-bond acceptors (Lipinski definition) is 8. The largest absolute Gasteiger partial charge is 0.480 e. The fraction of sp³-hybridized carbons (Fsp3) is 0.250. The summed E-state index contributed by atoms with van der Waals surface area (Å²) in [5.41, 5.74) is 1.30. The monoisotopic (exact) mass is 481 g/mol. The van der Waals surface area contributed by atoms with Crippen LogP contribution in [0.15, 0.2) is 42.7 Å². The Morgan fingerprint density at radius 1 is 1.19 bits per heavy atom. The summed E-state index contributed by atoms with van der Waals surface area (Å²) >= 11 is 1.43. The van der Waals surface area contributed by atoms with Crippen molar-refractivity contribution in [2.75, 3.05) is 16.8 Å². The van der Waals surface area contributed by atoms with Crippen molar-refractivity contribution < 1.29 is 14.7 Å². The molecule has 1 fully saturated rings. The van der Waals surface area contributed by atoms with Crippen LogP contribution in [0.5, 0.6) is 0 Å². The summed E-state index contributed by atoms with van der Waals surface area (Å²) in [6.45, 7) is 2.20. The number of thiazole rings is 1. The van der Waals surface area contributed by atoms with Gasteiger partial charge in [0.2, 0.25) is 0 Å². The first-order valence-corrected chi connectivity index (χ1v) is 9.99. The zero-order chi connectivity index (χ0) is 20.4. The van der Waals surface area contributed by atoms with Crippen molar-refractivity contribution in [3.63, 3.8) is 0 Å². The van der Waals surface area contributed by atoms with Crippen LogP contribution in [-0.2, 0) is 4.79 Å². The number of carboxylic acids is 1. The first kappa shape index (κ1) is 24.5. The molecule has 1 aliphatic heterocycles. The van der Waals surface area contributed by atoms with E-state index in [0.717, 1.165) is 17.0 Å². The van der Waals surface area contributed by atoms with E-state index in [1.807, 2.05) is 23.1 Å². The molecule has 2 N–H and O–H groups in total. The maximum atomic E-state index is 11.5. The van der Waals surface area contributed by atoms with Gasteiger partial charge in [0, 0.05) is 24.5 Å². The Balaban J connectivity index is 0.00000171. The molecule has 164 valence electrons. The topological polar surface area (TPSA) is 108 Å². The Bertz CT molecular complexity index is 1080. The highest BCUT2D eigenvalue weighted by Gasteiger charge is 2.32. The third kappa shape index (κ3) is 5.49. The van der Waals surface area contributed by atoms with E-state index in [2.05, 4.69) is 20.3 Å². The third-order valence-electron chi connectivity index (χ3n) is 4.70. The Morgan fingerprint density at radius 3 is 2.74 bits per heavy atom. The standard InChI is InChI=1S/C20H19N5O3S.2ClH/c1-12(26)13-7-8-21-18(10-13)24-17-6-2-4-14(23-17)16-11-22-20(29-16)25-9-3-5-15(25)19(27)28;;/h2,4,6-8,10-11,15H,3,5,9H2,1H3,(H,27,28)(H,21,23,24);2*1H/t15-;;/m0../s1. The molecule has 1 saturated heterocycles. The van der Waals surface area contributed by atoms with E-state index in [0.29, 0.717) is 35.3 Å². The number of aromatic nitrogens is 3. The van der Waals surface area contributed by atoms with Crippen molar-refractivity contribution in [1.29, 1.82) is 0 Å². The lowest BCUT2D eigenvalue weighted by Crippen LogP contribution is -2.35. The number of carbonyl (C=O) groups excluding carboxylic acids is 1. The van der Waals surface area contributed by atoms with Gasteiger partial charge >= 0.3 is 5.97 Å². The smallest absolute Gasteiger partial charge is 0.326 e. The molecule has 0 radical (unpaired) electrons. The molecule has 4 rings (SSSR count). The minimum Gasteiger partial charge on any atom is -0.480 e. The van der Waals surface area contributed by atoms with Gasteiger partial charge in [0.05, 0.1) is 10.6 Å². The maximum absolute atomic E-state index is 11.5. The zero-order valence-electron chi connectivity index (χ0n) is 16.5. The molecule has 0 unspecified atom stereocenters. The predicted octanol–water partition coefficient (Wildman–Crippen LogP) is 4.44. The van der Waals surface area contributed by atoms with E-state index in [1.165, 1.54) is 18.3 Å². The normalized spacial score (nSPS) is 15.0. The lowest BCUT2D eigenvalue weighted by atomic mass is 10.2. The highest BCUT2D eigenvalue weighted by atomic mass is 35.5. The molecule has 31 heavy (non-hydrogen) atoms. The summed E-state index contributed by atoms with van der Waals surface area (Å²) in [5.74, 6) is 0.281. The molecule has 3 aromatic rings. The molecule has 1 atom stereocenters. The summed E-state index contributed by atoms with van der Waals surface area (Å²) in [4.78, 5) is 38.9. The van der Waals surface area contributed by atoms with Crippen molar-refractivity contribution in [3.05, 3.63) is 48.3 Å². The number of anilines is 3. The van der Waals surface area contributed by atoms with Gasteiger partial charge < -0.3 is 15.3 Å². The van der Waals surface area contributed by atoms with E-state index in [-0.39, 0.29) is 30.6 Å². The number of halogens is 2. The lowest BCUT2D eigenvalue weighted by molar-refractivity contribution is -0.138. The Morgan fingerprint density at radius 2 is 2.00 bits per heavy atom. The maximum Gasteiger partial charge on any atom is 0.326 e. The fourth-order valence-corrected chi connectivity index (χ4v) is 4.22. The summed E-state index contributed by atoms with van der Waals surface area (Å²) < 4.78 is 0. The van der Waals surface area contributed by atoms with E-state index in [9.17, 15) is 14.7 Å². The van der Waals surface area contributed by atoms with Crippen molar-refractivity contribution in [2.45, 2.75) is 25.8 Å². The number of ketones is 1. The minimum absolute atomic E-state index is 0. The summed E-state index contributed by atoms with van der Waals surface area (Å²) in [6.07, 6.45) is 4.77. The number of carbonyl (C=O) groups is 2. The van der Waals surface area contributed by atoms with Crippen molar-refractivity contribution >= 4 is 64.7 Å². The van der Waals surface area contributed by atoms with Crippen LogP contribution >= 0.6 is 36.2 Å². The first-order chi connectivity index (χ1) is 14.0. The van der Waals surface area contributed by atoms with Crippen LogP contribution in [0, 0.1) is 0 Å². The van der Waals surface area contributed by atoms with Gasteiger partial charge in [-0.3, -0.25) is 4.79 Å². The van der Waals surface area contributed by atoms with Gasteiger partial charge in [-0.1, -0.05) is 17.4 Å². The van der Waals surface area contributed by atoms with Crippen LogP contribution in [0.4, 0.5) is 16.8 Å². The molecular formula is C20H21Cl2N5O3S. The number of nitrogens with zero attached hydrogens (tertiary/aromatic N) is 4. The molecule has 8 nitrogen and oxygen atoms in total. The van der Waals surface area contributed by atoms with E-state index in [4.69, 9.17) is 0 Å². The number of hydrogen-bond donors (Lipinski definition) is 2. The van der Waals surface area contributed by atoms with Gasteiger partial charge in [-0.2, -0.15) is 0 Å². The lowest BCUT2D eigenvalue weighted by Gasteiger charge is -2.19. The molecule has 0 saturated carbocycles. The van der Waals surface area contributed by atoms with E-state index < -0.39 is 12.0 Å². The van der Waals surface area contributed by atoms with Gasteiger partial charge in [0.1, 0.15) is 17.7 Å². The molecule has 4 heterocycles.